The van der Waals surface area contributed by atoms with Gasteiger partial charge in [0, 0.05) is 0 Å². The molecule has 58 valence electrons. The van der Waals surface area contributed by atoms with E-state index in [1.165, 1.54) is 0 Å². The maximum absolute atomic E-state index is 4.14. The summed E-state index contributed by atoms with van der Waals surface area (Å²) in [5.74, 6) is 0. The van der Waals surface area contributed by atoms with Crippen LogP contribution in [0.25, 0.3) is 0 Å². The fourth-order valence-electron chi connectivity index (χ4n) is 0.660. The van der Waals surface area contributed by atoms with Crippen LogP contribution in [0.4, 0.5) is 0 Å². The second-order valence-electron chi connectivity index (χ2n) is 1.83. The molecule has 2 aromatic heterocycles. The van der Waals surface area contributed by atoms with Gasteiger partial charge in [-0.2, -0.15) is 0 Å². The van der Waals surface area contributed by atoms with Crippen molar-refractivity contribution in [2.24, 2.45) is 0 Å². The molecule has 0 saturated heterocycles. The van der Waals surface area contributed by atoms with E-state index in [0.29, 0.717) is 0 Å². The Hall–Kier alpha value is -0.944. The van der Waals surface area contributed by atoms with Crippen LogP contribution in [-0.2, 0) is 17.4 Å². The average Bonchev–Trinajstić information content (AvgIpc) is 2.60. The Morgan fingerprint density at radius 1 is 1.00 bits per heavy atom. The van der Waals surface area contributed by atoms with E-state index in [9.17, 15) is 0 Å². The van der Waals surface area contributed by atoms with Gasteiger partial charge in [-0.05, 0) is 0 Å². The van der Waals surface area contributed by atoms with Gasteiger partial charge in [-0.15, -0.1) is 0 Å². The summed E-state index contributed by atoms with van der Waals surface area (Å²) in [5.41, 5.74) is 0. The third kappa shape index (κ3) is 1.55. The molecule has 5 heteroatoms. The van der Waals surface area contributed by atoms with Crippen molar-refractivity contribution >= 4 is 8.76 Å². The molecule has 0 unspecified atom stereocenters. The second kappa shape index (κ2) is 2.97. The SMILES string of the molecule is c1c[nH][c]([Os][c]2ncc[nH]2)n1. The monoisotopic (exact) mass is 326 g/mol. The number of rotatable bonds is 2. The Labute approximate surface area is 71.3 Å². The normalized spacial score (nSPS) is 10.5. The van der Waals surface area contributed by atoms with Gasteiger partial charge in [-0.1, -0.05) is 0 Å². The zero-order chi connectivity index (χ0) is 7.52. The molecule has 0 radical (unpaired) electrons. The van der Waals surface area contributed by atoms with E-state index >= 15 is 0 Å². The number of nitrogens with zero attached hydrogens (tertiary/aromatic N) is 2. The Bertz CT molecular complexity index is 267. The molecule has 0 aliphatic rings. The molecule has 4 nitrogen and oxygen atoms in total. The van der Waals surface area contributed by atoms with Crippen LogP contribution < -0.4 is 8.76 Å². The first-order valence-corrected chi connectivity index (χ1v) is 5.60. The Balaban J connectivity index is 2.14. The third-order valence-corrected chi connectivity index (χ3v) is 3.68. The van der Waals surface area contributed by atoms with Crippen LogP contribution in [-0.4, -0.2) is 19.9 Å². The van der Waals surface area contributed by atoms with Crippen LogP contribution in [0.1, 0.15) is 0 Å². The van der Waals surface area contributed by atoms with Gasteiger partial charge < -0.3 is 0 Å². The van der Waals surface area contributed by atoms with E-state index in [2.05, 4.69) is 19.9 Å². The molecule has 0 spiro atoms. The molecule has 0 saturated carbocycles. The van der Waals surface area contributed by atoms with E-state index in [0.717, 1.165) is 8.76 Å². The van der Waals surface area contributed by atoms with Crippen molar-refractivity contribution < 1.29 is 17.4 Å². The van der Waals surface area contributed by atoms with E-state index in [1.807, 2.05) is 12.4 Å². The number of H-pyrrole nitrogens is 2. The molecule has 2 rings (SSSR count). The molecule has 0 aliphatic heterocycles. The van der Waals surface area contributed by atoms with E-state index in [-0.39, 0.29) is 0 Å². The molecule has 0 amide bonds. The van der Waals surface area contributed by atoms with Crippen LogP contribution >= 0.6 is 0 Å². The van der Waals surface area contributed by atoms with Gasteiger partial charge in [-0.3, -0.25) is 0 Å². The van der Waals surface area contributed by atoms with Crippen molar-refractivity contribution in [1.82, 2.24) is 19.9 Å². The summed E-state index contributed by atoms with van der Waals surface area (Å²) in [6.45, 7) is 0. The predicted octanol–water partition coefficient (Wildman–Crippen LogP) is -0.834. The van der Waals surface area contributed by atoms with Gasteiger partial charge in [-0.25, -0.2) is 0 Å². The third-order valence-electron chi connectivity index (χ3n) is 1.08. The van der Waals surface area contributed by atoms with Gasteiger partial charge in [0.25, 0.3) is 0 Å². The first-order chi connectivity index (χ1) is 5.45. The van der Waals surface area contributed by atoms with Crippen molar-refractivity contribution in [3.8, 4) is 0 Å². The fraction of sp³-hybridized carbons (Fsp3) is 0. The summed E-state index contributed by atoms with van der Waals surface area (Å²) >= 11 is -0.483. The van der Waals surface area contributed by atoms with Gasteiger partial charge in [0.1, 0.15) is 0 Å². The Morgan fingerprint density at radius 2 is 1.55 bits per heavy atom. The molecule has 2 heterocycles. The number of hydrogen-bond acceptors (Lipinski definition) is 2. The molecule has 0 atom stereocenters. The summed E-state index contributed by atoms with van der Waals surface area (Å²) in [6.07, 6.45) is 7.22. The maximum atomic E-state index is 4.14. The average molecular weight is 324 g/mol. The van der Waals surface area contributed by atoms with Gasteiger partial charge in [0.2, 0.25) is 0 Å². The minimum absolute atomic E-state index is 0.483. The molecule has 11 heavy (non-hydrogen) atoms. The minimum atomic E-state index is -0.483. The Kier molecular flexibility index (Phi) is 1.82. The zero-order valence-electron chi connectivity index (χ0n) is 5.56. The summed E-state index contributed by atoms with van der Waals surface area (Å²) in [6, 6.07) is 0. The van der Waals surface area contributed by atoms with Crippen molar-refractivity contribution in [1.29, 1.82) is 0 Å². The van der Waals surface area contributed by atoms with Crippen molar-refractivity contribution in [2.45, 2.75) is 0 Å². The van der Waals surface area contributed by atoms with Crippen LogP contribution in [0, 0.1) is 0 Å². The number of imidazole rings is 2. The molecular weight excluding hydrogens is 318 g/mol. The molecule has 0 bridgehead atoms. The van der Waals surface area contributed by atoms with Crippen LogP contribution in [0.15, 0.2) is 24.8 Å². The number of hydrogen-bond donors (Lipinski definition) is 2. The van der Waals surface area contributed by atoms with Crippen molar-refractivity contribution in [2.75, 3.05) is 0 Å². The Morgan fingerprint density at radius 3 is 1.91 bits per heavy atom. The van der Waals surface area contributed by atoms with Crippen LogP contribution in [0.2, 0.25) is 0 Å². The standard InChI is InChI=1S/2C3H3N2.Os/c2*1-2-5-3-4-1;/h2*1-2H,(H,4,5);. The predicted molar refractivity (Wildman–Crippen MR) is 36.4 cm³/mol. The molecule has 2 N–H and O–H groups in total. The van der Waals surface area contributed by atoms with Crippen LogP contribution in [0.3, 0.4) is 0 Å². The second-order valence-corrected chi connectivity index (χ2v) is 4.87. The van der Waals surface area contributed by atoms with E-state index < -0.39 is 17.4 Å². The van der Waals surface area contributed by atoms with Crippen LogP contribution in [0.5, 0.6) is 0 Å². The quantitative estimate of drug-likeness (QED) is 0.757. The number of nitrogens with one attached hydrogen (secondary N) is 2. The van der Waals surface area contributed by atoms with Gasteiger partial charge in [0.15, 0.2) is 0 Å². The van der Waals surface area contributed by atoms with Crippen molar-refractivity contribution in [3.63, 3.8) is 0 Å². The molecule has 0 aliphatic carbocycles. The van der Waals surface area contributed by atoms with E-state index in [1.54, 1.807) is 12.4 Å². The summed E-state index contributed by atoms with van der Waals surface area (Å²) in [4.78, 5) is 14.4. The number of aromatic nitrogens is 4. The molecule has 0 fully saturated rings. The van der Waals surface area contributed by atoms with E-state index in [4.69, 9.17) is 0 Å². The molecular formula is C6H6N4Os. The topological polar surface area (TPSA) is 57.4 Å². The summed E-state index contributed by atoms with van der Waals surface area (Å²) in [7, 11) is 0. The van der Waals surface area contributed by atoms with Crippen molar-refractivity contribution in [3.05, 3.63) is 24.8 Å². The first-order valence-electron chi connectivity index (χ1n) is 3.06. The first kappa shape index (κ1) is 6.75. The summed E-state index contributed by atoms with van der Waals surface area (Å²) in [5, 5.41) is 0. The molecule has 0 aromatic carbocycles. The summed E-state index contributed by atoms with van der Waals surface area (Å²) < 4.78 is 2.14. The molecule has 2 aromatic rings. The van der Waals surface area contributed by atoms with Gasteiger partial charge in [0.05, 0.1) is 0 Å². The zero-order valence-corrected chi connectivity index (χ0v) is 8.10. The van der Waals surface area contributed by atoms with Gasteiger partial charge >= 0.3 is 70.9 Å². The fourth-order valence-corrected chi connectivity index (χ4v) is 2.73. The number of aromatic amines is 2.